The van der Waals surface area contributed by atoms with Gasteiger partial charge in [0.1, 0.15) is 17.7 Å². The average Bonchev–Trinajstić information content (AvgIpc) is 2.97. The van der Waals surface area contributed by atoms with Crippen LogP contribution in [-0.4, -0.2) is 33.3 Å². The molecule has 0 fully saturated rings. The highest BCUT2D eigenvalue weighted by atomic mass is 32.2. The summed E-state index contributed by atoms with van der Waals surface area (Å²) in [6.45, 7) is 5.79. The lowest BCUT2D eigenvalue weighted by Gasteiger charge is -2.15. The highest BCUT2D eigenvalue weighted by molar-refractivity contribution is 8.01. The molecule has 2 amide bonds. The Bertz CT molecular complexity index is 794. The van der Waals surface area contributed by atoms with Crippen LogP contribution in [0.4, 0.5) is 13.9 Å². The van der Waals surface area contributed by atoms with Crippen LogP contribution in [0.3, 0.4) is 0 Å². The van der Waals surface area contributed by atoms with Crippen LogP contribution >= 0.6 is 23.1 Å². The van der Waals surface area contributed by atoms with Gasteiger partial charge in [-0.2, -0.15) is 0 Å². The summed E-state index contributed by atoms with van der Waals surface area (Å²) in [5, 5.41) is 13.8. The van der Waals surface area contributed by atoms with E-state index in [-0.39, 0.29) is 12.0 Å². The molecular formula is C17H20F2N4O2S2. The number of nitrogens with zero attached hydrogens (tertiary/aromatic N) is 2. The van der Waals surface area contributed by atoms with Crippen LogP contribution in [-0.2, 0) is 16.0 Å². The fourth-order valence-corrected chi connectivity index (χ4v) is 4.18. The molecule has 1 unspecified atom stereocenters. The summed E-state index contributed by atoms with van der Waals surface area (Å²) in [5.41, 5.74) is 0.194. The quantitative estimate of drug-likeness (QED) is 0.511. The molecule has 0 aliphatic carbocycles. The Kier molecular flexibility index (Phi) is 7.66. The van der Waals surface area contributed by atoms with Crippen molar-refractivity contribution in [2.24, 2.45) is 0 Å². The highest BCUT2D eigenvalue weighted by Gasteiger charge is 2.21. The van der Waals surface area contributed by atoms with Crippen LogP contribution in [0.2, 0.25) is 0 Å². The van der Waals surface area contributed by atoms with Gasteiger partial charge >= 0.3 is 0 Å². The zero-order valence-electron chi connectivity index (χ0n) is 15.1. The minimum atomic E-state index is -0.791. The second-order valence-corrected chi connectivity index (χ2v) is 8.81. The molecule has 0 saturated heterocycles. The van der Waals surface area contributed by atoms with Gasteiger partial charge in [-0.15, -0.1) is 10.2 Å². The van der Waals surface area contributed by atoms with E-state index in [0.29, 0.717) is 16.8 Å². The lowest BCUT2D eigenvalue weighted by molar-refractivity contribution is -0.126. The maximum absolute atomic E-state index is 13.2. The number of nitrogens with one attached hydrogen (secondary N) is 2. The molecule has 2 aromatic rings. The van der Waals surface area contributed by atoms with Crippen molar-refractivity contribution in [1.29, 1.82) is 0 Å². The number of carbonyl (C=O) groups excluding carboxylic acids is 2. The van der Waals surface area contributed by atoms with Gasteiger partial charge in [0, 0.05) is 11.3 Å². The lowest BCUT2D eigenvalue weighted by Crippen LogP contribution is -2.44. The molecule has 27 heavy (non-hydrogen) atoms. The molecule has 10 heteroatoms. The first kappa shape index (κ1) is 21.2. The van der Waals surface area contributed by atoms with Gasteiger partial charge in [0.2, 0.25) is 16.9 Å². The maximum atomic E-state index is 13.2. The smallest absolute Gasteiger partial charge is 0.248 e. The predicted molar refractivity (Wildman–Crippen MR) is 102 cm³/mol. The van der Waals surface area contributed by atoms with Gasteiger partial charge < -0.3 is 5.32 Å². The molecule has 1 heterocycles. The van der Waals surface area contributed by atoms with Gasteiger partial charge in [-0.1, -0.05) is 43.9 Å². The largest absolute Gasteiger partial charge is 0.344 e. The monoisotopic (exact) mass is 414 g/mol. The molecule has 146 valence electrons. The van der Waals surface area contributed by atoms with Gasteiger partial charge in [-0.3, -0.25) is 14.9 Å². The number of amides is 2. The average molecular weight is 415 g/mol. The van der Waals surface area contributed by atoms with E-state index < -0.39 is 29.5 Å². The molecule has 2 rings (SSSR count). The normalized spacial score (nSPS) is 12.1. The van der Waals surface area contributed by atoms with E-state index in [1.807, 2.05) is 13.8 Å². The van der Waals surface area contributed by atoms with Crippen molar-refractivity contribution in [3.63, 3.8) is 0 Å². The van der Waals surface area contributed by atoms with Crippen LogP contribution in [0.5, 0.6) is 0 Å². The number of anilines is 1. The number of benzene rings is 1. The van der Waals surface area contributed by atoms with Crippen LogP contribution in [0, 0.1) is 11.6 Å². The summed E-state index contributed by atoms with van der Waals surface area (Å²) in [7, 11) is 0. The Morgan fingerprint density at radius 3 is 2.44 bits per heavy atom. The zero-order valence-corrected chi connectivity index (χ0v) is 16.7. The number of aromatic nitrogens is 2. The molecule has 0 radical (unpaired) electrons. The van der Waals surface area contributed by atoms with Crippen molar-refractivity contribution in [3.8, 4) is 0 Å². The molecule has 1 aromatic carbocycles. The summed E-state index contributed by atoms with van der Waals surface area (Å²) in [5.74, 6) is -2.44. The summed E-state index contributed by atoms with van der Waals surface area (Å²) in [6.07, 6.45) is 0.119. The molecule has 6 nitrogen and oxygen atoms in total. The van der Waals surface area contributed by atoms with Gasteiger partial charge in [-0.05, 0) is 24.1 Å². The van der Waals surface area contributed by atoms with Crippen molar-refractivity contribution in [2.75, 3.05) is 5.32 Å². The molecule has 1 aromatic heterocycles. The van der Waals surface area contributed by atoms with E-state index in [0.717, 1.165) is 22.5 Å². The van der Waals surface area contributed by atoms with Crippen molar-refractivity contribution in [1.82, 2.24) is 15.5 Å². The minimum absolute atomic E-state index is 0.194. The van der Waals surface area contributed by atoms with Crippen molar-refractivity contribution in [2.45, 2.75) is 49.2 Å². The van der Waals surface area contributed by atoms with Crippen LogP contribution < -0.4 is 10.6 Å². The van der Waals surface area contributed by atoms with Gasteiger partial charge in [-0.25, -0.2) is 8.78 Å². The summed E-state index contributed by atoms with van der Waals surface area (Å²) in [6, 6.07) is 2.11. The number of hydrogen-bond donors (Lipinski definition) is 2. The summed E-state index contributed by atoms with van der Waals surface area (Å²) >= 11 is 2.79. The van der Waals surface area contributed by atoms with Crippen LogP contribution in [0.1, 0.15) is 32.8 Å². The molecule has 0 saturated carbocycles. The Morgan fingerprint density at radius 2 is 1.85 bits per heavy atom. The fourth-order valence-electron chi connectivity index (χ4n) is 2.20. The number of carbonyl (C=O) groups is 2. The summed E-state index contributed by atoms with van der Waals surface area (Å²) < 4.78 is 27.2. The van der Waals surface area contributed by atoms with Crippen LogP contribution in [0.25, 0.3) is 0 Å². The SMILES string of the molecule is CCC(NC(=O)Cc1cc(F)cc(F)c1)C(=O)Nc1nnc(SC(C)C)s1. The molecule has 0 aliphatic heterocycles. The van der Waals surface area contributed by atoms with Crippen molar-refractivity contribution < 1.29 is 18.4 Å². The second kappa shape index (κ2) is 9.75. The Labute approximate surface area is 164 Å². The van der Waals surface area contributed by atoms with E-state index in [4.69, 9.17) is 0 Å². The molecule has 0 aliphatic rings. The standard InChI is InChI=1S/C17H20F2N4O2S2/c1-4-13(15(25)21-16-22-23-17(27-16)26-9(2)3)20-14(24)7-10-5-11(18)8-12(19)6-10/h5-6,8-9,13H,4,7H2,1-3H3,(H,20,24)(H,21,22,25). The van der Waals surface area contributed by atoms with Gasteiger partial charge in [0.05, 0.1) is 6.42 Å². The molecular weight excluding hydrogens is 394 g/mol. The first-order valence-corrected chi connectivity index (χ1v) is 10.0. The van der Waals surface area contributed by atoms with Crippen molar-refractivity contribution >= 4 is 40.0 Å². The van der Waals surface area contributed by atoms with E-state index >= 15 is 0 Å². The summed E-state index contributed by atoms with van der Waals surface area (Å²) in [4.78, 5) is 24.5. The third-order valence-electron chi connectivity index (χ3n) is 3.32. The fraction of sp³-hybridized carbons (Fsp3) is 0.412. The number of hydrogen-bond acceptors (Lipinski definition) is 6. The predicted octanol–water partition coefficient (Wildman–Crippen LogP) is 3.39. The minimum Gasteiger partial charge on any atom is -0.344 e. The highest BCUT2D eigenvalue weighted by Crippen LogP contribution is 2.28. The third-order valence-corrected chi connectivity index (χ3v) is 5.25. The van der Waals surface area contributed by atoms with E-state index in [1.54, 1.807) is 6.92 Å². The number of thioether (sulfide) groups is 1. The first-order valence-electron chi connectivity index (χ1n) is 8.32. The number of rotatable bonds is 8. The van der Waals surface area contributed by atoms with Crippen LogP contribution in [0.15, 0.2) is 22.5 Å². The van der Waals surface area contributed by atoms with E-state index in [2.05, 4.69) is 20.8 Å². The third kappa shape index (κ3) is 6.87. The molecule has 0 bridgehead atoms. The Hall–Kier alpha value is -2.07. The van der Waals surface area contributed by atoms with Crippen molar-refractivity contribution in [3.05, 3.63) is 35.4 Å². The zero-order chi connectivity index (χ0) is 20.0. The topological polar surface area (TPSA) is 84.0 Å². The number of halogens is 2. The lowest BCUT2D eigenvalue weighted by atomic mass is 10.1. The Morgan fingerprint density at radius 1 is 1.19 bits per heavy atom. The molecule has 1 atom stereocenters. The maximum Gasteiger partial charge on any atom is 0.248 e. The molecule has 2 N–H and O–H groups in total. The van der Waals surface area contributed by atoms with Gasteiger partial charge in [0.15, 0.2) is 4.34 Å². The van der Waals surface area contributed by atoms with E-state index in [1.165, 1.54) is 23.1 Å². The second-order valence-electron chi connectivity index (χ2n) is 6.01. The Balaban J connectivity index is 1.93. The van der Waals surface area contributed by atoms with E-state index in [9.17, 15) is 18.4 Å². The molecule has 0 spiro atoms. The first-order chi connectivity index (χ1) is 12.8. The van der Waals surface area contributed by atoms with Gasteiger partial charge in [0.25, 0.3) is 0 Å².